The highest BCUT2D eigenvalue weighted by Gasteiger charge is 2.27. The lowest BCUT2D eigenvalue weighted by Gasteiger charge is -2.13. The number of carbonyl (C=O) groups is 1. The van der Waals surface area contributed by atoms with E-state index in [2.05, 4.69) is 10.2 Å². The summed E-state index contributed by atoms with van der Waals surface area (Å²) in [4.78, 5) is 12.7. The molecule has 1 aromatic carbocycles. The molecule has 1 heterocycles. The molecule has 0 aliphatic rings. The Hall–Kier alpha value is -2.13. The second kappa shape index (κ2) is 7.23. The molecule has 120 valence electrons. The molecule has 0 aliphatic heterocycles. The van der Waals surface area contributed by atoms with Crippen LogP contribution in [-0.2, 0) is 0 Å². The predicted octanol–water partition coefficient (Wildman–Crippen LogP) is 1.15. The van der Waals surface area contributed by atoms with Crippen molar-refractivity contribution in [3.8, 4) is 5.69 Å². The molecule has 0 atom stereocenters. The molecule has 2 aromatic rings. The Morgan fingerprint density at radius 2 is 1.95 bits per heavy atom. The van der Waals surface area contributed by atoms with E-state index in [9.17, 15) is 18.0 Å². The molecular weight excluding hydrogens is 323 g/mol. The van der Waals surface area contributed by atoms with Gasteiger partial charge in [0, 0.05) is 0 Å². The first-order chi connectivity index (χ1) is 9.91. The SMILES string of the molecule is Cl.NCC(F)(F)CNC(=O)c1cnn(-c2ccc(F)cc2)n1. The third-order valence-electron chi connectivity index (χ3n) is 2.59. The van der Waals surface area contributed by atoms with Gasteiger partial charge in [0.05, 0.1) is 25.0 Å². The number of halogens is 4. The quantitative estimate of drug-likeness (QED) is 0.858. The number of carbonyl (C=O) groups excluding carboxylic acids is 1. The molecule has 22 heavy (non-hydrogen) atoms. The lowest BCUT2D eigenvalue weighted by atomic mass is 10.3. The molecular formula is C12H13ClF3N5O. The first-order valence-electron chi connectivity index (χ1n) is 5.96. The Bertz CT molecular complexity index is 632. The highest BCUT2D eigenvalue weighted by molar-refractivity contribution is 5.91. The number of rotatable bonds is 5. The molecule has 0 saturated carbocycles. The Kier molecular flexibility index (Phi) is 5.89. The summed E-state index contributed by atoms with van der Waals surface area (Å²) in [5.41, 5.74) is 5.16. The van der Waals surface area contributed by atoms with Gasteiger partial charge < -0.3 is 11.1 Å². The lowest BCUT2D eigenvalue weighted by Crippen LogP contribution is -2.41. The highest BCUT2D eigenvalue weighted by atomic mass is 35.5. The van der Waals surface area contributed by atoms with Gasteiger partial charge in [0.1, 0.15) is 5.82 Å². The molecule has 0 aliphatic carbocycles. The summed E-state index contributed by atoms with van der Waals surface area (Å²) >= 11 is 0. The molecule has 0 radical (unpaired) electrons. The largest absolute Gasteiger partial charge is 0.344 e. The number of alkyl halides is 2. The van der Waals surface area contributed by atoms with Crippen molar-refractivity contribution in [1.29, 1.82) is 0 Å². The second-order valence-electron chi connectivity index (χ2n) is 4.24. The van der Waals surface area contributed by atoms with Gasteiger partial charge in [0.2, 0.25) is 0 Å². The molecule has 0 bridgehead atoms. The fourth-order valence-corrected chi connectivity index (χ4v) is 1.44. The van der Waals surface area contributed by atoms with Crippen molar-refractivity contribution in [2.24, 2.45) is 5.73 Å². The molecule has 6 nitrogen and oxygen atoms in total. The molecule has 1 aromatic heterocycles. The van der Waals surface area contributed by atoms with Crippen LogP contribution in [-0.4, -0.2) is 39.9 Å². The van der Waals surface area contributed by atoms with E-state index >= 15 is 0 Å². The second-order valence-corrected chi connectivity index (χ2v) is 4.24. The van der Waals surface area contributed by atoms with Crippen molar-refractivity contribution >= 4 is 18.3 Å². The van der Waals surface area contributed by atoms with E-state index in [1.165, 1.54) is 24.3 Å². The zero-order valence-corrected chi connectivity index (χ0v) is 12.0. The maximum atomic E-state index is 12.9. The number of nitrogens with two attached hydrogens (primary N) is 1. The average Bonchev–Trinajstić information content (AvgIpc) is 2.95. The van der Waals surface area contributed by atoms with Crippen LogP contribution >= 0.6 is 12.4 Å². The summed E-state index contributed by atoms with van der Waals surface area (Å²) in [6.07, 6.45) is 1.12. The minimum Gasteiger partial charge on any atom is -0.344 e. The van der Waals surface area contributed by atoms with E-state index in [4.69, 9.17) is 5.73 Å². The van der Waals surface area contributed by atoms with E-state index in [1.807, 2.05) is 5.32 Å². The number of hydrogen-bond acceptors (Lipinski definition) is 4. The third-order valence-corrected chi connectivity index (χ3v) is 2.59. The topological polar surface area (TPSA) is 85.8 Å². The van der Waals surface area contributed by atoms with E-state index in [0.717, 1.165) is 11.0 Å². The van der Waals surface area contributed by atoms with Crippen molar-refractivity contribution in [2.75, 3.05) is 13.1 Å². The van der Waals surface area contributed by atoms with Gasteiger partial charge in [-0.05, 0) is 24.3 Å². The van der Waals surface area contributed by atoms with Gasteiger partial charge in [-0.3, -0.25) is 4.79 Å². The maximum absolute atomic E-state index is 12.9. The monoisotopic (exact) mass is 335 g/mol. The van der Waals surface area contributed by atoms with Crippen LogP contribution in [0.15, 0.2) is 30.5 Å². The summed E-state index contributed by atoms with van der Waals surface area (Å²) in [6, 6.07) is 5.25. The van der Waals surface area contributed by atoms with Crippen LogP contribution in [0.3, 0.4) is 0 Å². The fourth-order valence-electron chi connectivity index (χ4n) is 1.44. The minimum absolute atomic E-state index is 0. The standard InChI is InChI=1S/C12H12F3N5O.ClH/c13-8-1-3-9(4-2-8)20-18-5-10(19-20)11(21)17-7-12(14,15)6-16;/h1-5H,6-7,16H2,(H,17,21);1H. The summed E-state index contributed by atoms with van der Waals surface area (Å²) in [7, 11) is 0. The molecule has 10 heteroatoms. The molecule has 0 saturated heterocycles. The van der Waals surface area contributed by atoms with Gasteiger partial charge in [0.25, 0.3) is 11.8 Å². The zero-order valence-electron chi connectivity index (χ0n) is 11.2. The Morgan fingerprint density at radius 3 is 2.55 bits per heavy atom. The number of amides is 1. The smallest absolute Gasteiger partial charge is 0.277 e. The molecule has 0 fully saturated rings. The summed E-state index contributed by atoms with van der Waals surface area (Å²) in [5.74, 6) is -4.40. The Balaban J connectivity index is 0.00000242. The highest BCUT2D eigenvalue weighted by Crippen LogP contribution is 2.10. The average molecular weight is 336 g/mol. The Morgan fingerprint density at radius 1 is 1.32 bits per heavy atom. The van der Waals surface area contributed by atoms with Crippen LogP contribution in [0.25, 0.3) is 5.69 Å². The van der Waals surface area contributed by atoms with E-state index in [-0.39, 0.29) is 18.1 Å². The van der Waals surface area contributed by atoms with Crippen molar-refractivity contribution < 1.29 is 18.0 Å². The number of nitrogens with one attached hydrogen (secondary N) is 1. The van der Waals surface area contributed by atoms with Crippen molar-refractivity contribution in [3.05, 3.63) is 42.0 Å². The number of aromatic nitrogens is 3. The lowest BCUT2D eigenvalue weighted by molar-refractivity contribution is 0.0118. The summed E-state index contributed by atoms with van der Waals surface area (Å²) in [6.45, 7) is -1.75. The summed E-state index contributed by atoms with van der Waals surface area (Å²) in [5, 5.41) is 9.66. The van der Waals surface area contributed by atoms with Crippen LogP contribution in [0.2, 0.25) is 0 Å². The van der Waals surface area contributed by atoms with E-state index in [0.29, 0.717) is 5.69 Å². The normalized spacial score (nSPS) is 10.9. The third kappa shape index (κ3) is 4.43. The van der Waals surface area contributed by atoms with Crippen molar-refractivity contribution in [2.45, 2.75) is 5.92 Å². The van der Waals surface area contributed by atoms with Crippen molar-refractivity contribution in [3.63, 3.8) is 0 Å². The minimum atomic E-state index is -3.18. The van der Waals surface area contributed by atoms with Crippen LogP contribution in [0.4, 0.5) is 13.2 Å². The van der Waals surface area contributed by atoms with E-state index < -0.39 is 30.7 Å². The molecule has 0 unspecified atom stereocenters. The van der Waals surface area contributed by atoms with Gasteiger partial charge in [-0.25, -0.2) is 13.2 Å². The molecule has 3 N–H and O–H groups in total. The van der Waals surface area contributed by atoms with Crippen LogP contribution in [0.1, 0.15) is 10.5 Å². The van der Waals surface area contributed by atoms with Gasteiger partial charge in [-0.1, -0.05) is 0 Å². The number of nitrogens with zero attached hydrogens (tertiary/aromatic N) is 3. The van der Waals surface area contributed by atoms with Crippen molar-refractivity contribution in [1.82, 2.24) is 20.3 Å². The number of hydrogen-bond donors (Lipinski definition) is 2. The predicted molar refractivity (Wildman–Crippen MR) is 74.9 cm³/mol. The van der Waals surface area contributed by atoms with Crippen LogP contribution < -0.4 is 11.1 Å². The van der Waals surface area contributed by atoms with Gasteiger partial charge in [-0.15, -0.1) is 17.5 Å². The maximum Gasteiger partial charge on any atom is 0.277 e. The van der Waals surface area contributed by atoms with Gasteiger partial charge >= 0.3 is 0 Å². The van der Waals surface area contributed by atoms with E-state index in [1.54, 1.807) is 0 Å². The van der Waals surface area contributed by atoms with Crippen LogP contribution in [0, 0.1) is 5.82 Å². The Labute approximate surface area is 129 Å². The zero-order chi connectivity index (χ0) is 15.5. The fraction of sp³-hybridized carbons (Fsp3) is 0.250. The van der Waals surface area contributed by atoms with Gasteiger partial charge in [0.15, 0.2) is 5.69 Å². The summed E-state index contributed by atoms with van der Waals surface area (Å²) < 4.78 is 38.6. The molecule has 0 spiro atoms. The van der Waals surface area contributed by atoms with Gasteiger partial charge in [-0.2, -0.15) is 9.90 Å². The first kappa shape index (κ1) is 17.9. The molecule has 1 amide bonds. The van der Waals surface area contributed by atoms with Crippen LogP contribution in [0.5, 0.6) is 0 Å². The number of benzene rings is 1. The molecule has 2 rings (SSSR count). The first-order valence-corrected chi connectivity index (χ1v) is 5.96.